The topological polar surface area (TPSA) is 123 Å². The average molecular weight is 508 g/mol. The monoisotopic (exact) mass is 507 g/mol. The predicted molar refractivity (Wildman–Crippen MR) is 135 cm³/mol. The smallest absolute Gasteiger partial charge is 0.408 e. The van der Waals surface area contributed by atoms with Crippen molar-refractivity contribution in [3.63, 3.8) is 0 Å². The molecule has 4 atom stereocenters. The maximum Gasteiger partial charge on any atom is 0.408 e. The summed E-state index contributed by atoms with van der Waals surface area (Å²) >= 11 is 4.57. The van der Waals surface area contributed by atoms with Crippen LogP contribution in [0.5, 0.6) is 0 Å². The molecule has 9 nitrogen and oxygen atoms in total. The molecule has 35 heavy (non-hydrogen) atoms. The number of nitrogens with one attached hydrogen (secondary N) is 3. The Labute approximate surface area is 212 Å². The van der Waals surface area contributed by atoms with Crippen LogP contribution in [0.2, 0.25) is 0 Å². The lowest BCUT2D eigenvalue weighted by atomic mass is 9.94. The molecule has 0 radical (unpaired) electrons. The molecule has 1 aromatic carbocycles. The molecule has 0 aliphatic carbocycles. The number of rotatable bonds is 11. The summed E-state index contributed by atoms with van der Waals surface area (Å²) in [5.74, 6) is -1.28. The van der Waals surface area contributed by atoms with Gasteiger partial charge < -0.3 is 25.4 Å². The summed E-state index contributed by atoms with van der Waals surface area (Å²) in [6.45, 7) is 7.73. The van der Waals surface area contributed by atoms with Crippen molar-refractivity contribution < 1.29 is 28.7 Å². The first kappa shape index (κ1) is 28.5. The van der Waals surface area contributed by atoms with E-state index in [0.717, 1.165) is 5.56 Å². The zero-order chi connectivity index (χ0) is 26.0. The van der Waals surface area contributed by atoms with Crippen molar-refractivity contribution in [3.8, 4) is 0 Å². The minimum atomic E-state index is -0.935. The lowest BCUT2D eigenvalue weighted by Gasteiger charge is -2.29. The molecule has 1 aromatic rings. The zero-order valence-electron chi connectivity index (χ0n) is 20.8. The van der Waals surface area contributed by atoms with Crippen molar-refractivity contribution in [2.75, 3.05) is 13.2 Å². The van der Waals surface area contributed by atoms with Crippen LogP contribution in [0.25, 0.3) is 0 Å². The summed E-state index contributed by atoms with van der Waals surface area (Å²) in [6.07, 6.45) is 0.440. The molecular formula is C25H37N3O6S. The molecular weight excluding hydrogens is 470 g/mol. The first-order valence-electron chi connectivity index (χ1n) is 11.9. The van der Waals surface area contributed by atoms with E-state index in [1.807, 2.05) is 30.3 Å². The van der Waals surface area contributed by atoms with Gasteiger partial charge in [0.05, 0.1) is 13.0 Å². The van der Waals surface area contributed by atoms with E-state index in [1.165, 1.54) is 0 Å². The second-order valence-corrected chi connectivity index (χ2v) is 10.3. The molecule has 2 rings (SSSR count). The lowest BCUT2D eigenvalue weighted by Crippen LogP contribution is -2.54. The van der Waals surface area contributed by atoms with Crippen LogP contribution >= 0.6 is 12.6 Å². The van der Waals surface area contributed by atoms with Gasteiger partial charge in [-0.1, -0.05) is 30.3 Å². The third-order valence-electron chi connectivity index (χ3n) is 5.46. The molecule has 1 heterocycles. The second kappa shape index (κ2) is 13.4. The highest BCUT2D eigenvalue weighted by molar-refractivity contribution is 7.81. The van der Waals surface area contributed by atoms with E-state index in [4.69, 9.17) is 9.47 Å². The van der Waals surface area contributed by atoms with Crippen molar-refractivity contribution in [3.05, 3.63) is 35.9 Å². The van der Waals surface area contributed by atoms with E-state index >= 15 is 0 Å². The minimum Gasteiger partial charge on any atom is -0.466 e. The van der Waals surface area contributed by atoms with Crippen molar-refractivity contribution in [1.82, 2.24) is 16.0 Å². The highest BCUT2D eigenvalue weighted by Crippen LogP contribution is 2.22. The summed E-state index contributed by atoms with van der Waals surface area (Å²) in [6, 6.07) is 7.76. The first-order chi connectivity index (χ1) is 16.5. The standard InChI is InChI=1S/C25H37N3O6S/c1-5-33-21(29)15-20(35)18(14-17-11-12-26-22(17)30)27-23(31)19(13-16-9-7-6-8-10-16)28-24(32)34-25(2,3)4/h6-10,17-20,35H,5,11-15H2,1-4H3,(H,26,30)(H,27,31)(H,28,32)/t17-,18+,19+,20+/m1/s1. The molecule has 1 fully saturated rings. The van der Waals surface area contributed by atoms with E-state index in [1.54, 1.807) is 27.7 Å². The highest BCUT2D eigenvalue weighted by Gasteiger charge is 2.34. The van der Waals surface area contributed by atoms with Crippen molar-refractivity contribution in [2.24, 2.45) is 5.92 Å². The number of carbonyl (C=O) groups is 4. The Bertz CT molecular complexity index is 874. The Kier molecular flexibility index (Phi) is 10.9. The zero-order valence-corrected chi connectivity index (χ0v) is 21.7. The van der Waals surface area contributed by atoms with Crippen molar-refractivity contribution in [2.45, 2.75) is 76.3 Å². The quantitative estimate of drug-likeness (QED) is 0.269. The largest absolute Gasteiger partial charge is 0.466 e. The van der Waals surface area contributed by atoms with Gasteiger partial charge in [0.25, 0.3) is 0 Å². The van der Waals surface area contributed by atoms with Gasteiger partial charge in [0, 0.05) is 30.2 Å². The maximum atomic E-state index is 13.4. The molecule has 0 spiro atoms. The van der Waals surface area contributed by atoms with Gasteiger partial charge in [0.15, 0.2) is 0 Å². The fourth-order valence-corrected chi connectivity index (χ4v) is 4.16. The van der Waals surface area contributed by atoms with Crippen LogP contribution in [0.3, 0.4) is 0 Å². The number of benzene rings is 1. The van der Waals surface area contributed by atoms with Crippen molar-refractivity contribution in [1.29, 1.82) is 0 Å². The molecule has 1 aliphatic rings. The lowest BCUT2D eigenvalue weighted by molar-refractivity contribution is -0.143. The molecule has 1 saturated heterocycles. The number of esters is 1. The summed E-state index contributed by atoms with van der Waals surface area (Å²) < 4.78 is 10.4. The van der Waals surface area contributed by atoms with Gasteiger partial charge >= 0.3 is 12.1 Å². The molecule has 10 heteroatoms. The van der Waals surface area contributed by atoms with Gasteiger partial charge in [-0.2, -0.15) is 12.6 Å². The Hall–Kier alpha value is -2.75. The van der Waals surface area contributed by atoms with E-state index in [-0.39, 0.29) is 31.3 Å². The molecule has 0 unspecified atom stereocenters. The summed E-state index contributed by atoms with van der Waals surface area (Å²) in [4.78, 5) is 50.1. The number of hydrogen-bond donors (Lipinski definition) is 4. The molecule has 0 bridgehead atoms. The summed E-state index contributed by atoms with van der Waals surface area (Å²) in [5.41, 5.74) is 0.121. The molecule has 0 saturated carbocycles. The van der Waals surface area contributed by atoms with Gasteiger partial charge in [-0.05, 0) is 46.1 Å². The van der Waals surface area contributed by atoms with Crippen LogP contribution in [-0.2, 0) is 30.3 Å². The van der Waals surface area contributed by atoms with Crippen molar-refractivity contribution >= 4 is 36.5 Å². The third kappa shape index (κ3) is 10.2. The fraction of sp³-hybridized carbons (Fsp3) is 0.600. The highest BCUT2D eigenvalue weighted by atomic mass is 32.1. The number of thiol groups is 1. The Morgan fingerprint density at radius 3 is 2.43 bits per heavy atom. The maximum absolute atomic E-state index is 13.4. The van der Waals surface area contributed by atoms with Crippen LogP contribution in [0.1, 0.15) is 52.5 Å². The van der Waals surface area contributed by atoms with Gasteiger partial charge in [0.1, 0.15) is 11.6 Å². The Morgan fingerprint density at radius 2 is 1.86 bits per heavy atom. The van der Waals surface area contributed by atoms with Crippen LogP contribution in [0, 0.1) is 5.92 Å². The normalized spacial score (nSPS) is 18.1. The van der Waals surface area contributed by atoms with Crippen LogP contribution in [0.15, 0.2) is 30.3 Å². The van der Waals surface area contributed by atoms with E-state index in [0.29, 0.717) is 19.4 Å². The molecule has 1 aliphatic heterocycles. The van der Waals surface area contributed by atoms with E-state index < -0.39 is 40.9 Å². The SMILES string of the molecule is CCOC(=O)C[C@H](S)[C@H](C[C@H]1CCNC1=O)NC(=O)[C@H](Cc1ccccc1)NC(=O)OC(C)(C)C. The van der Waals surface area contributed by atoms with Crippen LogP contribution in [-0.4, -0.2) is 60.0 Å². The number of hydrogen-bond acceptors (Lipinski definition) is 7. The third-order valence-corrected chi connectivity index (χ3v) is 6.01. The predicted octanol–water partition coefficient (Wildman–Crippen LogP) is 2.38. The molecule has 3 N–H and O–H groups in total. The number of ether oxygens (including phenoxy) is 2. The number of amides is 3. The fourth-order valence-electron chi connectivity index (χ4n) is 3.81. The van der Waals surface area contributed by atoms with Gasteiger partial charge in [-0.15, -0.1) is 0 Å². The minimum absolute atomic E-state index is 0.0287. The summed E-state index contributed by atoms with van der Waals surface area (Å²) in [7, 11) is 0. The van der Waals surface area contributed by atoms with Gasteiger partial charge in [-0.3, -0.25) is 14.4 Å². The summed E-state index contributed by atoms with van der Waals surface area (Å²) in [5, 5.41) is 7.80. The average Bonchev–Trinajstić information content (AvgIpc) is 3.16. The molecule has 3 amide bonds. The van der Waals surface area contributed by atoms with Gasteiger partial charge in [-0.25, -0.2) is 4.79 Å². The Balaban J connectivity index is 2.20. The number of alkyl carbamates (subject to hydrolysis) is 1. The molecule has 194 valence electrons. The van der Waals surface area contributed by atoms with E-state index in [9.17, 15) is 19.2 Å². The number of carbonyl (C=O) groups excluding carboxylic acids is 4. The van der Waals surface area contributed by atoms with Crippen LogP contribution < -0.4 is 16.0 Å². The van der Waals surface area contributed by atoms with Crippen LogP contribution in [0.4, 0.5) is 4.79 Å². The first-order valence-corrected chi connectivity index (χ1v) is 12.4. The van der Waals surface area contributed by atoms with E-state index in [2.05, 4.69) is 28.6 Å². The Morgan fingerprint density at radius 1 is 1.17 bits per heavy atom. The second-order valence-electron chi connectivity index (χ2n) is 9.59. The van der Waals surface area contributed by atoms with Gasteiger partial charge in [0.2, 0.25) is 11.8 Å². The molecule has 0 aromatic heterocycles.